The molecule has 142 valence electrons. The maximum Gasteiger partial charge on any atom is 0.278 e. The molecular formula is C16H17N5O3S3. The number of anilines is 1. The van der Waals surface area contributed by atoms with Gasteiger partial charge < -0.3 is 0 Å². The van der Waals surface area contributed by atoms with Gasteiger partial charge in [-0.15, -0.1) is 21.5 Å². The highest BCUT2D eigenvalue weighted by Crippen LogP contribution is 2.32. The van der Waals surface area contributed by atoms with Crippen molar-refractivity contribution in [3.8, 4) is 10.6 Å². The van der Waals surface area contributed by atoms with Crippen molar-refractivity contribution < 1.29 is 13.2 Å². The predicted octanol–water partition coefficient (Wildman–Crippen LogP) is 2.64. The number of hydrogen-bond donors (Lipinski definition) is 1. The molecule has 0 aliphatic carbocycles. The number of thiophene rings is 1. The van der Waals surface area contributed by atoms with Crippen LogP contribution < -0.4 is 5.32 Å². The van der Waals surface area contributed by atoms with Gasteiger partial charge in [-0.05, 0) is 30.4 Å². The van der Waals surface area contributed by atoms with E-state index < -0.39 is 9.84 Å². The van der Waals surface area contributed by atoms with Crippen molar-refractivity contribution in [1.82, 2.24) is 20.0 Å². The third-order valence-electron chi connectivity index (χ3n) is 4.29. The zero-order valence-electron chi connectivity index (χ0n) is 14.5. The molecule has 4 rings (SSSR count). The molecule has 0 saturated carbocycles. The van der Waals surface area contributed by atoms with Gasteiger partial charge in [0, 0.05) is 0 Å². The van der Waals surface area contributed by atoms with E-state index in [-0.39, 0.29) is 29.1 Å². The number of rotatable bonds is 5. The maximum atomic E-state index is 12.6. The highest BCUT2D eigenvalue weighted by Gasteiger charge is 2.32. The van der Waals surface area contributed by atoms with E-state index in [0.29, 0.717) is 11.6 Å². The van der Waals surface area contributed by atoms with Crippen molar-refractivity contribution >= 4 is 43.5 Å². The first kappa shape index (κ1) is 18.3. The zero-order chi connectivity index (χ0) is 19.0. The quantitative estimate of drug-likeness (QED) is 0.676. The fraction of sp³-hybridized carbons (Fsp3) is 0.375. The molecule has 1 aliphatic heterocycles. The van der Waals surface area contributed by atoms with E-state index in [2.05, 4.69) is 20.6 Å². The molecule has 4 heterocycles. The largest absolute Gasteiger partial charge is 0.295 e. The predicted molar refractivity (Wildman–Crippen MR) is 105 cm³/mol. The number of carbonyl (C=O) groups excluding carboxylic acids is 1. The number of nitrogens with one attached hydrogen (secondary N) is 1. The minimum Gasteiger partial charge on any atom is -0.295 e. The Morgan fingerprint density at radius 1 is 1.41 bits per heavy atom. The van der Waals surface area contributed by atoms with Gasteiger partial charge in [-0.1, -0.05) is 24.3 Å². The lowest BCUT2D eigenvalue weighted by Crippen LogP contribution is -2.16. The molecular weight excluding hydrogens is 406 g/mol. The van der Waals surface area contributed by atoms with E-state index in [4.69, 9.17) is 0 Å². The third kappa shape index (κ3) is 3.80. The summed E-state index contributed by atoms with van der Waals surface area (Å²) in [5, 5.41) is 18.3. The van der Waals surface area contributed by atoms with E-state index in [1.165, 1.54) is 22.7 Å². The van der Waals surface area contributed by atoms with Crippen LogP contribution in [-0.4, -0.2) is 45.8 Å². The molecule has 1 N–H and O–H groups in total. The van der Waals surface area contributed by atoms with Gasteiger partial charge in [0.1, 0.15) is 5.01 Å². The van der Waals surface area contributed by atoms with Crippen molar-refractivity contribution in [2.24, 2.45) is 0 Å². The Labute approximate surface area is 164 Å². The average molecular weight is 424 g/mol. The van der Waals surface area contributed by atoms with Gasteiger partial charge in [-0.2, -0.15) is 5.10 Å². The summed E-state index contributed by atoms with van der Waals surface area (Å²) in [7, 11) is -3.06. The summed E-state index contributed by atoms with van der Waals surface area (Å²) in [6, 6.07) is 5.28. The molecule has 1 saturated heterocycles. The number of sulfone groups is 1. The number of aryl methyl sites for hydroxylation is 1. The molecule has 8 nitrogen and oxygen atoms in total. The normalized spacial score (nSPS) is 18.6. The van der Waals surface area contributed by atoms with Crippen LogP contribution in [0.1, 0.15) is 34.9 Å². The van der Waals surface area contributed by atoms with E-state index in [0.717, 1.165) is 22.0 Å². The van der Waals surface area contributed by atoms with Gasteiger partial charge in [-0.3, -0.25) is 14.8 Å². The molecule has 3 aromatic heterocycles. The van der Waals surface area contributed by atoms with E-state index >= 15 is 0 Å². The highest BCUT2D eigenvalue weighted by molar-refractivity contribution is 7.91. The number of aromatic nitrogens is 4. The number of nitrogens with zero attached hydrogens (tertiary/aromatic N) is 4. The minimum atomic E-state index is -3.06. The molecule has 0 radical (unpaired) electrons. The summed E-state index contributed by atoms with van der Waals surface area (Å²) in [4.78, 5) is 13.6. The van der Waals surface area contributed by atoms with E-state index in [9.17, 15) is 13.2 Å². The molecule has 1 unspecified atom stereocenters. The summed E-state index contributed by atoms with van der Waals surface area (Å²) < 4.78 is 25.5. The lowest BCUT2D eigenvalue weighted by atomic mass is 10.2. The van der Waals surface area contributed by atoms with Crippen LogP contribution in [-0.2, 0) is 16.3 Å². The summed E-state index contributed by atoms with van der Waals surface area (Å²) in [5.74, 6) is -0.191. The first-order valence-corrected chi connectivity index (χ1v) is 11.9. The van der Waals surface area contributed by atoms with Gasteiger partial charge in [-0.25, -0.2) is 8.42 Å². The molecule has 1 fully saturated rings. The van der Waals surface area contributed by atoms with Gasteiger partial charge in [0.15, 0.2) is 15.5 Å². The molecule has 3 aromatic rings. The molecule has 11 heteroatoms. The van der Waals surface area contributed by atoms with E-state index in [1.807, 2.05) is 24.4 Å². The summed E-state index contributed by atoms with van der Waals surface area (Å²) in [5.41, 5.74) is 0.986. The molecule has 1 atom stereocenters. The Morgan fingerprint density at radius 2 is 2.26 bits per heavy atom. The Balaban J connectivity index is 1.65. The average Bonchev–Trinajstić information content (AvgIpc) is 3.40. The number of hydrogen-bond acceptors (Lipinski definition) is 8. The fourth-order valence-corrected chi connectivity index (χ4v) is 6.07. The van der Waals surface area contributed by atoms with Crippen LogP contribution in [0.25, 0.3) is 10.6 Å². The van der Waals surface area contributed by atoms with Crippen molar-refractivity contribution in [3.05, 3.63) is 34.3 Å². The van der Waals surface area contributed by atoms with Crippen molar-refractivity contribution in [2.75, 3.05) is 16.8 Å². The van der Waals surface area contributed by atoms with Crippen LogP contribution in [0.3, 0.4) is 0 Å². The number of amides is 1. The second kappa shape index (κ2) is 7.13. The van der Waals surface area contributed by atoms with Crippen LogP contribution >= 0.6 is 22.7 Å². The molecule has 0 bridgehead atoms. The number of carbonyl (C=O) groups is 1. The second-order valence-corrected chi connectivity index (χ2v) is 10.4. The summed E-state index contributed by atoms with van der Waals surface area (Å²) in [6.45, 7) is 1.97. The van der Waals surface area contributed by atoms with Crippen molar-refractivity contribution in [2.45, 2.75) is 25.8 Å². The molecule has 1 amide bonds. The van der Waals surface area contributed by atoms with Crippen LogP contribution in [0.15, 0.2) is 23.6 Å². The first-order valence-electron chi connectivity index (χ1n) is 8.43. The van der Waals surface area contributed by atoms with Crippen LogP contribution in [0, 0.1) is 0 Å². The van der Waals surface area contributed by atoms with Gasteiger partial charge in [0.25, 0.3) is 5.91 Å². The Morgan fingerprint density at radius 3 is 2.89 bits per heavy atom. The SMILES string of the molecule is CCc1nnc(NC(=O)c2cc(-c3cccs3)n(C3CCS(=O)(=O)C3)n2)s1. The van der Waals surface area contributed by atoms with Gasteiger partial charge in [0.05, 0.1) is 28.1 Å². The molecule has 0 aromatic carbocycles. The van der Waals surface area contributed by atoms with Crippen LogP contribution in [0.2, 0.25) is 0 Å². The van der Waals surface area contributed by atoms with E-state index in [1.54, 1.807) is 10.7 Å². The Bertz CT molecular complexity index is 1070. The topological polar surface area (TPSA) is 107 Å². The van der Waals surface area contributed by atoms with Gasteiger partial charge in [0.2, 0.25) is 5.13 Å². The van der Waals surface area contributed by atoms with Crippen molar-refractivity contribution in [1.29, 1.82) is 0 Å². The van der Waals surface area contributed by atoms with Crippen molar-refractivity contribution in [3.63, 3.8) is 0 Å². The van der Waals surface area contributed by atoms with Crippen LogP contribution in [0.5, 0.6) is 0 Å². The van der Waals surface area contributed by atoms with Gasteiger partial charge >= 0.3 is 0 Å². The minimum absolute atomic E-state index is 0.0460. The maximum absolute atomic E-state index is 12.6. The second-order valence-electron chi connectivity index (χ2n) is 6.20. The summed E-state index contributed by atoms with van der Waals surface area (Å²) in [6.07, 6.45) is 1.25. The Kier molecular flexibility index (Phi) is 4.82. The lowest BCUT2D eigenvalue weighted by Gasteiger charge is -2.12. The zero-order valence-corrected chi connectivity index (χ0v) is 16.9. The van der Waals surface area contributed by atoms with Crippen LogP contribution in [0.4, 0.5) is 5.13 Å². The molecule has 1 aliphatic rings. The smallest absolute Gasteiger partial charge is 0.278 e. The monoisotopic (exact) mass is 423 g/mol. The lowest BCUT2D eigenvalue weighted by molar-refractivity contribution is 0.102. The highest BCUT2D eigenvalue weighted by atomic mass is 32.2. The molecule has 0 spiro atoms. The first-order chi connectivity index (χ1) is 12.9. The summed E-state index contributed by atoms with van der Waals surface area (Å²) >= 11 is 2.85. The third-order valence-corrected chi connectivity index (χ3v) is 7.91. The Hall–Kier alpha value is -2.11. The molecule has 27 heavy (non-hydrogen) atoms. The fourth-order valence-electron chi connectivity index (χ4n) is 2.97. The standard InChI is InChI=1S/C16H17N5O3S3/c1-2-14-18-19-16(26-14)17-15(22)11-8-12(13-4-3-6-25-13)21(20-11)10-5-7-27(23,24)9-10/h3-4,6,8,10H,2,5,7,9H2,1H3,(H,17,19,22).